The fourth-order valence-electron chi connectivity index (χ4n) is 3.08. The molecule has 0 aliphatic carbocycles. The van der Waals surface area contributed by atoms with Crippen molar-refractivity contribution in [2.75, 3.05) is 20.0 Å². The first kappa shape index (κ1) is 34.8. The summed E-state index contributed by atoms with van der Waals surface area (Å²) in [4.78, 5) is 54.5. The molecule has 3 aromatic heterocycles. The fourth-order valence-corrected chi connectivity index (χ4v) is 3.08. The number of aryl methyl sites for hydroxylation is 1. The second kappa shape index (κ2) is 20.8. The largest absolute Gasteiger partial charge is 0.469 e. The number of fused-ring (bicyclic) bond motifs is 1. The number of unbranched alkanes of at least 4 members (excludes halogenated alkanes) is 2. The van der Waals surface area contributed by atoms with Crippen LogP contribution in [0, 0.1) is 0 Å². The van der Waals surface area contributed by atoms with Crippen LogP contribution >= 0.6 is 0 Å². The lowest BCUT2D eigenvalue weighted by Gasteiger charge is -2.02. The number of methoxy groups -OCH3 is 2. The summed E-state index contributed by atoms with van der Waals surface area (Å²) in [6.07, 6.45) is 9.58. The molecule has 0 saturated carbocycles. The van der Waals surface area contributed by atoms with E-state index >= 15 is 0 Å². The van der Waals surface area contributed by atoms with Gasteiger partial charge in [-0.25, -0.2) is 15.0 Å². The summed E-state index contributed by atoms with van der Waals surface area (Å²) in [7, 11) is 2.78. The topological polar surface area (TPSA) is 151 Å². The van der Waals surface area contributed by atoms with Crippen molar-refractivity contribution in [1.29, 1.82) is 0 Å². The number of nitrogen functional groups attached to an aromatic ring is 1. The fraction of sp³-hybridized carbons (Fsp3) is 0.414. The van der Waals surface area contributed by atoms with Crippen LogP contribution in [-0.2, 0) is 30.3 Å². The van der Waals surface area contributed by atoms with E-state index in [4.69, 9.17) is 5.73 Å². The number of nitrogens with two attached hydrogens (primary N) is 1. The molecule has 0 saturated heterocycles. The van der Waals surface area contributed by atoms with Crippen molar-refractivity contribution < 1.29 is 28.7 Å². The van der Waals surface area contributed by atoms with E-state index in [1.165, 1.54) is 14.2 Å². The van der Waals surface area contributed by atoms with Gasteiger partial charge in [0.25, 0.3) is 0 Å². The van der Waals surface area contributed by atoms with Gasteiger partial charge < -0.3 is 20.0 Å². The van der Waals surface area contributed by atoms with Crippen molar-refractivity contribution >= 4 is 40.9 Å². The Bertz CT molecular complexity index is 1170. The Morgan fingerprint density at radius 1 is 0.846 bits per heavy atom. The van der Waals surface area contributed by atoms with Crippen LogP contribution in [0.1, 0.15) is 75.3 Å². The minimum absolute atomic E-state index is 0. The van der Waals surface area contributed by atoms with Gasteiger partial charge in [-0.1, -0.05) is 7.43 Å². The first-order chi connectivity index (χ1) is 18.3. The molecule has 0 aromatic carbocycles. The molecule has 2 N–H and O–H groups in total. The van der Waals surface area contributed by atoms with E-state index in [0.29, 0.717) is 31.1 Å². The molecule has 10 heteroatoms. The quantitative estimate of drug-likeness (QED) is 0.201. The Balaban J connectivity index is 0.000000594. The molecule has 0 radical (unpaired) electrons. The molecule has 3 heterocycles. The van der Waals surface area contributed by atoms with E-state index < -0.39 is 0 Å². The lowest BCUT2D eigenvalue weighted by molar-refractivity contribution is -0.141. The number of pyridine rings is 3. The molecule has 10 nitrogen and oxygen atoms in total. The van der Waals surface area contributed by atoms with Gasteiger partial charge in [-0.05, 0) is 75.4 Å². The smallest absolute Gasteiger partial charge is 0.305 e. The van der Waals surface area contributed by atoms with Gasteiger partial charge in [-0.3, -0.25) is 14.4 Å². The van der Waals surface area contributed by atoms with Crippen molar-refractivity contribution in [2.24, 2.45) is 0 Å². The third-order valence-corrected chi connectivity index (χ3v) is 5.20. The van der Waals surface area contributed by atoms with Crippen LogP contribution in [0.3, 0.4) is 0 Å². The summed E-state index contributed by atoms with van der Waals surface area (Å²) in [6.45, 7) is 1.55. The van der Waals surface area contributed by atoms with Gasteiger partial charge >= 0.3 is 11.9 Å². The molecule has 3 rings (SSSR count). The summed E-state index contributed by atoms with van der Waals surface area (Å²) in [5, 5.41) is 1.05. The first-order valence-electron chi connectivity index (χ1n) is 12.3. The molecule has 0 amide bonds. The molecule has 39 heavy (non-hydrogen) atoms. The molecule has 0 atom stereocenters. The van der Waals surface area contributed by atoms with Gasteiger partial charge in [-0.15, -0.1) is 0 Å². The van der Waals surface area contributed by atoms with Gasteiger partial charge in [0.1, 0.15) is 11.6 Å². The van der Waals surface area contributed by atoms with Crippen molar-refractivity contribution in [1.82, 2.24) is 15.0 Å². The molecular weight excluding hydrogens is 500 g/mol. The minimum Gasteiger partial charge on any atom is -0.469 e. The molecule has 0 fully saturated rings. The highest BCUT2D eigenvalue weighted by molar-refractivity contribution is 5.81. The predicted octanol–water partition coefficient (Wildman–Crippen LogP) is 4.94. The number of anilines is 1. The molecular formula is C29H40N4O6. The van der Waals surface area contributed by atoms with Gasteiger partial charge in [0.05, 0.1) is 19.8 Å². The van der Waals surface area contributed by atoms with E-state index in [1.54, 1.807) is 31.5 Å². The van der Waals surface area contributed by atoms with E-state index in [0.717, 1.165) is 48.8 Å². The first-order valence-corrected chi connectivity index (χ1v) is 12.3. The van der Waals surface area contributed by atoms with Crippen LogP contribution in [0.5, 0.6) is 0 Å². The van der Waals surface area contributed by atoms with Crippen LogP contribution in [0.4, 0.5) is 5.82 Å². The normalized spacial score (nSPS) is 9.51. The highest BCUT2D eigenvalue weighted by Crippen LogP contribution is 2.11. The second-order valence-electron chi connectivity index (χ2n) is 8.22. The third-order valence-electron chi connectivity index (χ3n) is 5.20. The lowest BCUT2D eigenvalue weighted by atomic mass is 10.1. The third kappa shape index (κ3) is 15.6. The van der Waals surface area contributed by atoms with Crippen LogP contribution in [0.2, 0.25) is 0 Å². The van der Waals surface area contributed by atoms with Crippen LogP contribution < -0.4 is 5.73 Å². The Kier molecular flexibility index (Phi) is 18.6. The van der Waals surface area contributed by atoms with Gasteiger partial charge in [0.15, 0.2) is 11.9 Å². The average Bonchev–Trinajstić information content (AvgIpc) is 2.94. The van der Waals surface area contributed by atoms with Gasteiger partial charge in [0, 0.05) is 42.7 Å². The van der Waals surface area contributed by atoms with E-state index in [-0.39, 0.29) is 31.0 Å². The summed E-state index contributed by atoms with van der Waals surface area (Å²) in [6, 6.07) is 11.2. The number of hydrogen-bond donors (Lipinski definition) is 1. The number of ketones is 1. The van der Waals surface area contributed by atoms with E-state index in [9.17, 15) is 19.2 Å². The Labute approximate surface area is 230 Å². The SMILES string of the molecule is C.COC(=O)CCCCC(C)=O.COC(=O)CCCCc1ccc2cccnc2n1.Nc1ncccc1C=O. The number of rotatable bonds is 11. The maximum absolute atomic E-state index is 11.0. The highest BCUT2D eigenvalue weighted by atomic mass is 16.5. The molecule has 3 aromatic rings. The average molecular weight is 541 g/mol. The maximum Gasteiger partial charge on any atom is 0.305 e. The van der Waals surface area contributed by atoms with Crippen LogP contribution in [-0.4, -0.2) is 53.2 Å². The number of hydrogen-bond acceptors (Lipinski definition) is 10. The second-order valence-corrected chi connectivity index (χ2v) is 8.22. The Hall–Kier alpha value is -4.21. The summed E-state index contributed by atoms with van der Waals surface area (Å²) in [5.74, 6) is 0.110. The van der Waals surface area contributed by atoms with Crippen molar-refractivity contribution in [3.63, 3.8) is 0 Å². The number of aldehydes is 1. The Morgan fingerprint density at radius 2 is 1.44 bits per heavy atom. The number of carbonyl (C=O) groups is 4. The number of nitrogens with zero attached hydrogens (tertiary/aromatic N) is 3. The number of Topliss-reactive ketones (excluding diaryl/α,β-unsaturated/α-hetero) is 1. The van der Waals surface area contributed by atoms with E-state index in [1.807, 2.05) is 24.3 Å². The van der Waals surface area contributed by atoms with Crippen LogP contribution in [0.25, 0.3) is 11.0 Å². The van der Waals surface area contributed by atoms with Gasteiger partial charge in [-0.2, -0.15) is 0 Å². The highest BCUT2D eigenvalue weighted by Gasteiger charge is 2.02. The van der Waals surface area contributed by atoms with Gasteiger partial charge in [0.2, 0.25) is 0 Å². The molecule has 212 valence electrons. The molecule has 0 aliphatic rings. The monoisotopic (exact) mass is 540 g/mol. The predicted molar refractivity (Wildman–Crippen MR) is 151 cm³/mol. The zero-order valence-electron chi connectivity index (χ0n) is 22.2. The molecule has 0 unspecified atom stereocenters. The molecule has 0 spiro atoms. The minimum atomic E-state index is -0.200. The van der Waals surface area contributed by atoms with E-state index in [2.05, 4.69) is 24.4 Å². The van der Waals surface area contributed by atoms with Crippen molar-refractivity contribution in [3.05, 3.63) is 60.0 Å². The lowest BCUT2D eigenvalue weighted by Crippen LogP contribution is -2.00. The number of carbonyl (C=O) groups excluding carboxylic acids is 4. The standard InChI is InChI=1S/C14H16N2O2.C8H14O3.C6H6N2O.CH4/c1-18-13(17)7-3-2-6-12-9-8-11-5-4-10-15-14(11)16-12;1-7(9)5-3-4-6-8(10)11-2;7-6-5(4-9)2-1-3-8-6;/h4-5,8-10H,2-3,6-7H2,1H3;3-6H2,1-2H3;1-4H,(H2,7,8);1H4. The summed E-state index contributed by atoms with van der Waals surface area (Å²) in [5.41, 5.74) is 7.53. The Morgan fingerprint density at radius 3 is 2.00 bits per heavy atom. The number of aromatic nitrogens is 3. The zero-order valence-corrected chi connectivity index (χ0v) is 22.2. The number of ether oxygens (including phenoxy) is 2. The molecule has 0 aliphatic heterocycles. The zero-order chi connectivity index (χ0) is 28.2. The summed E-state index contributed by atoms with van der Waals surface area (Å²) < 4.78 is 9.03. The van der Waals surface area contributed by atoms with Crippen LogP contribution in [0.15, 0.2) is 48.8 Å². The molecule has 0 bridgehead atoms. The summed E-state index contributed by atoms with van der Waals surface area (Å²) >= 11 is 0. The number of esters is 2. The van der Waals surface area contributed by atoms with Crippen molar-refractivity contribution in [3.8, 4) is 0 Å². The van der Waals surface area contributed by atoms with Crippen molar-refractivity contribution in [2.45, 2.75) is 65.7 Å². The maximum atomic E-state index is 11.0.